The van der Waals surface area contributed by atoms with Gasteiger partial charge in [-0.1, -0.05) is 24.3 Å². The maximum absolute atomic E-state index is 12.7. The predicted molar refractivity (Wildman–Crippen MR) is 102 cm³/mol. The zero-order valence-electron chi connectivity index (χ0n) is 15.9. The molecular weight excluding hydrogens is 338 g/mol. The van der Waals surface area contributed by atoms with Crippen molar-refractivity contribution in [2.45, 2.75) is 57.4 Å². The minimum absolute atomic E-state index is 0.0426. The second-order valence-corrected chi connectivity index (χ2v) is 9.28. The zero-order valence-corrected chi connectivity index (χ0v) is 15.9. The van der Waals surface area contributed by atoms with Gasteiger partial charge in [0, 0.05) is 0 Å². The van der Waals surface area contributed by atoms with Gasteiger partial charge in [-0.2, -0.15) is 0 Å². The second kappa shape index (κ2) is 6.96. The third-order valence-electron chi connectivity index (χ3n) is 7.55. The molecule has 0 spiro atoms. The summed E-state index contributed by atoms with van der Waals surface area (Å²) in [5, 5.41) is 3.08. The van der Waals surface area contributed by atoms with Crippen molar-refractivity contribution >= 4 is 11.9 Å². The van der Waals surface area contributed by atoms with Crippen molar-refractivity contribution in [2.24, 2.45) is 29.6 Å². The first-order chi connectivity index (χ1) is 13.2. The number of esters is 1. The normalized spacial score (nSPS) is 36.1. The Morgan fingerprint density at radius 3 is 2.44 bits per heavy atom. The molecule has 4 saturated carbocycles. The Bertz CT molecular complexity index is 715. The molecule has 0 unspecified atom stereocenters. The maximum atomic E-state index is 12.7. The fraction of sp³-hybridized carbons (Fsp3) is 0.652. The summed E-state index contributed by atoms with van der Waals surface area (Å²) in [6.45, 7) is -0.139. The molecule has 0 heterocycles. The van der Waals surface area contributed by atoms with Gasteiger partial charge in [-0.3, -0.25) is 9.59 Å². The Kier molecular flexibility index (Phi) is 4.45. The van der Waals surface area contributed by atoms with Crippen molar-refractivity contribution in [3.05, 3.63) is 35.4 Å². The average Bonchev–Trinajstić information content (AvgIpc) is 2.66. The van der Waals surface area contributed by atoms with Crippen molar-refractivity contribution < 1.29 is 14.3 Å². The van der Waals surface area contributed by atoms with Crippen molar-refractivity contribution in [1.82, 2.24) is 5.32 Å². The Morgan fingerprint density at radius 1 is 1.00 bits per heavy atom. The highest BCUT2D eigenvalue weighted by atomic mass is 16.5. The van der Waals surface area contributed by atoms with Crippen LogP contribution in [0, 0.1) is 29.6 Å². The minimum Gasteiger partial charge on any atom is -0.455 e. The fourth-order valence-corrected chi connectivity index (χ4v) is 6.68. The third kappa shape index (κ3) is 3.28. The maximum Gasteiger partial charge on any atom is 0.310 e. The number of rotatable bonds is 4. The summed E-state index contributed by atoms with van der Waals surface area (Å²) in [4.78, 5) is 25.2. The number of carbonyl (C=O) groups excluding carboxylic acids is 2. The zero-order chi connectivity index (χ0) is 18.4. The van der Waals surface area contributed by atoms with E-state index in [4.69, 9.17) is 4.74 Å². The molecule has 4 nitrogen and oxygen atoms in total. The average molecular weight is 367 g/mol. The molecule has 5 aliphatic carbocycles. The van der Waals surface area contributed by atoms with Gasteiger partial charge in [0.2, 0.25) is 0 Å². The van der Waals surface area contributed by atoms with E-state index < -0.39 is 0 Å². The highest BCUT2D eigenvalue weighted by Gasteiger charge is 2.51. The molecule has 0 radical (unpaired) electrons. The minimum atomic E-state index is -0.172. The van der Waals surface area contributed by atoms with Crippen molar-refractivity contribution in [3.63, 3.8) is 0 Å². The summed E-state index contributed by atoms with van der Waals surface area (Å²) >= 11 is 0. The second-order valence-electron chi connectivity index (χ2n) is 9.28. The van der Waals surface area contributed by atoms with Crippen LogP contribution in [0.5, 0.6) is 0 Å². The van der Waals surface area contributed by atoms with Gasteiger partial charge in [-0.25, -0.2) is 0 Å². The molecule has 1 atom stereocenters. The largest absolute Gasteiger partial charge is 0.455 e. The summed E-state index contributed by atoms with van der Waals surface area (Å²) in [5.41, 5.74) is 2.53. The number of fused-ring (bicyclic) bond motifs is 1. The lowest BCUT2D eigenvalue weighted by Gasteiger charge is -2.53. The third-order valence-corrected chi connectivity index (χ3v) is 7.55. The number of amides is 1. The first-order valence-electron chi connectivity index (χ1n) is 10.7. The predicted octanol–water partition coefficient (Wildman–Crippen LogP) is 3.80. The van der Waals surface area contributed by atoms with Gasteiger partial charge in [0.05, 0.1) is 12.0 Å². The molecule has 6 rings (SSSR count). The van der Waals surface area contributed by atoms with Gasteiger partial charge in [-0.15, -0.1) is 0 Å². The summed E-state index contributed by atoms with van der Waals surface area (Å²) in [6, 6.07) is 8.35. The molecule has 1 aromatic carbocycles. The molecule has 4 bridgehead atoms. The van der Waals surface area contributed by atoms with Crippen molar-refractivity contribution in [1.29, 1.82) is 0 Å². The van der Waals surface area contributed by atoms with Crippen molar-refractivity contribution in [3.8, 4) is 0 Å². The van der Waals surface area contributed by atoms with Crippen LogP contribution in [0.25, 0.3) is 0 Å². The summed E-state index contributed by atoms with van der Waals surface area (Å²) in [5.74, 6) is 2.43. The Hall–Kier alpha value is -1.84. The molecule has 1 amide bonds. The van der Waals surface area contributed by atoms with E-state index in [9.17, 15) is 9.59 Å². The van der Waals surface area contributed by atoms with E-state index in [-0.39, 0.29) is 30.4 Å². The number of hydrogen-bond acceptors (Lipinski definition) is 3. The molecule has 0 aliphatic heterocycles. The first-order valence-corrected chi connectivity index (χ1v) is 10.7. The smallest absolute Gasteiger partial charge is 0.310 e. The van der Waals surface area contributed by atoms with E-state index in [1.807, 2.05) is 6.07 Å². The van der Waals surface area contributed by atoms with E-state index in [1.165, 1.54) is 43.2 Å². The van der Waals surface area contributed by atoms with Crippen LogP contribution < -0.4 is 5.32 Å². The number of hydrogen-bond donors (Lipinski definition) is 1. The number of ether oxygens (including phenoxy) is 1. The Labute approximate surface area is 161 Å². The quantitative estimate of drug-likeness (QED) is 0.824. The van der Waals surface area contributed by atoms with E-state index >= 15 is 0 Å². The number of aryl methyl sites for hydroxylation is 1. The lowest BCUT2D eigenvalue weighted by atomic mass is 9.52. The standard InChI is InChI=1S/C23H29NO3/c25-21(24-20-7-3-5-16-4-1-2-6-19(16)20)13-27-23(26)22-17-9-14-8-15(11-17)12-18(22)10-14/h1-2,4,6,14-15,17-18,20,22H,3,5,7-13H2,(H,24,25)/t14?,15?,17?,18?,20-,22?/m0/s1. The van der Waals surface area contributed by atoms with Crippen LogP contribution in [0.2, 0.25) is 0 Å². The first kappa shape index (κ1) is 17.3. The van der Waals surface area contributed by atoms with E-state index in [0.717, 1.165) is 31.1 Å². The van der Waals surface area contributed by atoms with Gasteiger partial charge >= 0.3 is 5.97 Å². The summed E-state index contributed by atoms with van der Waals surface area (Å²) in [6.07, 6.45) is 9.25. The molecule has 1 N–H and O–H groups in total. The van der Waals surface area contributed by atoms with Crippen LogP contribution in [-0.2, 0) is 20.7 Å². The number of nitrogens with one attached hydrogen (secondary N) is 1. The van der Waals surface area contributed by atoms with Crippen LogP contribution in [0.15, 0.2) is 24.3 Å². The molecule has 144 valence electrons. The van der Waals surface area contributed by atoms with Crippen LogP contribution in [0.1, 0.15) is 62.1 Å². The Balaban J connectivity index is 1.16. The summed E-state index contributed by atoms with van der Waals surface area (Å²) in [7, 11) is 0. The van der Waals surface area contributed by atoms with Crippen LogP contribution >= 0.6 is 0 Å². The van der Waals surface area contributed by atoms with Gasteiger partial charge in [0.15, 0.2) is 6.61 Å². The molecular formula is C23H29NO3. The number of benzene rings is 1. The van der Waals surface area contributed by atoms with Crippen molar-refractivity contribution in [2.75, 3.05) is 6.61 Å². The van der Waals surface area contributed by atoms with Gasteiger partial charge < -0.3 is 10.1 Å². The van der Waals surface area contributed by atoms with Crippen LogP contribution in [0.3, 0.4) is 0 Å². The molecule has 0 aromatic heterocycles. The monoisotopic (exact) mass is 367 g/mol. The number of carbonyl (C=O) groups is 2. The molecule has 1 aromatic rings. The highest BCUT2D eigenvalue weighted by molar-refractivity contribution is 5.82. The van der Waals surface area contributed by atoms with Crippen LogP contribution in [-0.4, -0.2) is 18.5 Å². The molecule has 0 saturated heterocycles. The molecule has 4 fully saturated rings. The van der Waals surface area contributed by atoms with Crippen LogP contribution in [0.4, 0.5) is 0 Å². The topological polar surface area (TPSA) is 55.4 Å². The Morgan fingerprint density at radius 2 is 1.70 bits per heavy atom. The molecule has 27 heavy (non-hydrogen) atoms. The van der Waals surface area contributed by atoms with E-state index in [1.54, 1.807) is 0 Å². The fourth-order valence-electron chi connectivity index (χ4n) is 6.68. The van der Waals surface area contributed by atoms with Gasteiger partial charge in [-0.05, 0) is 86.2 Å². The van der Waals surface area contributed by atoms with Gasteiger partial charge in [0.1, 0.15) is 0 Å². The van der Waals surface area contributed by atoms with E-state index in [0.29, 0.717) is 11.8 Å². The lowest BCUT2D eigenvalue weighted by Crippen LogP contribution is -2.48. The van der Waals surface area contributed by atoms with Gasteiger partial charge in [0.25, 0.3) is 5.91 Å². The SMILES string of the molecule is O=C(COC(=O)C1C2CC3CC(C2)CC1C3)N[C@H]1CCCc2ccccc21. The van der Waals surface area contributed by atoms with E-state index in [2.05, 4.69) is 23.5 Å². The lowest BCUT2D eigenvalue weighted by molar-refractivity contribution is -0.165. The highest BCUT2D eigenvalue weighted by Crippen LogP contribution is 2.56. The molecule has 5 aliphatic rings. The summed E-state index contributed by atoms with van der Waals surface area (Å²) < 4.78 is 5.51. The molecule has 4 heteroatoms.